The summed E-state index contributed by atoms with van der Waals surface area (Å²) in [5.41, 5.74) is 6.02. The van der Waals surface area contributed by atoms with Crippen LogP contribution in [0.1, 0.15) is 24.4 Å². The predicted molar refractivity (Wildman–Crippen MR) is 127 cm³/mol. The third kappa shape index (κ3) is 3.31. The molecule has 0 radical (unpaired) electrons. The zero-order valence-electron chi connectivity index (χ0n) is 17.4. The van der Waals surface area contributed by atoms with Crippen LogP contribution in [0.15, 0.2) is 73.2 Å². The second-order valence-electron chi connectivity index (χ2n) is 8.32. The maximum absolute atomic E-state index is 4.80. The van der Waals surface area contributed by atoms with Crippen molar-refractivity contribution in [2.24, 2.45) is 0 Å². The van der Waals surface area contributed by atoms with Crippen molar-refractivity contribution >= 4 is 28.0 Å². The highest BCUT2D eigenvalue weighted by Crippen LogP contribution is 2.38. The molecule has 1 saturated heterocycles. The lowest BCUT2D eigenvalue weighted by Gasteiger charge is -2.31. The van der Waals surface area contributed by atoms with Crippen LogP contribution >= 0.6 is 0 Å². The zero-order valence-corrected chi connectivity index (χ0v) is 17.4. The fourth-order valence-electron chi connectivity index (χ4n) is 4.87. The number of anilines is 3. The van der Waals surface area contributed by atoms with Crippen LogP contribution in [0.4, 0.5) is 17.2 Å². The van der Waals surface area contributed by atoms with E-state index in [0.29, 0.717) is 6.04 Å². The van der Waals surface area contributed by atoms with Crippen LogP contribution in [0.2, 0.25) is 0 Å². The summed E-state index contributed by atoms with van der Waals surface area (Å²) < 4.78 is 0. The smallest absolute Gasteiger partial charge is 0.150 e. The van der Waals surface area contributed by atoms with E-state index in [1.54, 1.807) is 0 Å². The number of hydrogen-bond donors (Lipinski definition) is 2. The Kier molecular flexibility index (Phi) is 4.54. The van der Waals surface area contributed by atoms with Gasteiger partial charge in [-0.15, -0.1) is 0 Å². The summed E-state index contributed by atoms with van der Waals surface area (Å²) >= 11 is 0. The zero-order chi connectivity index (χ0) is 20.6. The molecule has 6 rings (SSSR count). The van der Waals surface area contributed by atoms with Gasteiger partial charge in [-0.25, -0.2) is 4.98 Å². The summed E-state index contributed by atoms with van der Waals surface area (Å²) in [7, 11) is 0. The van der Waals surface area contributed by atoms with E-state index >= 15 is 0 Å². The second-order valence-corrected chi connectivity index (χ2v) is 8.32. The van der Waals surface area contributed by atoms with Gasteiger partial charge in [0.25, 0.3) is 0 Å². The first kappa shape index (κ1) is 18.3. The molecule has 5 nitrogen and oxygen atoms in total. The normalized spacial score (nSPS) is 18.1. The average molecular weight is 408 g/mol. The largest absolute Gasteiger partial charge is 0.367 e. The minimum atomic E-state index is 0.389. The van der Waals surface area contributed by atoms with Gasteiger partial charge in [0.2, 0.25) is 0 Å². The molecule has 0 spiro atoms. The number of hydrogen-bond acceptors (Lipinski definition) is 5. The lowest BCUT2D eigenvalue weighted by atomic mass is 9.94. The predicted octanol–water partition coefficient (Wildman–Crippen LogP) is 5.28. The Morgan fingerprint density at radius 2 is 1.87 bits per heavy atom. The number of benzene rings is 2. The molecular weight excluding hydrogens is 382 g/mol. The fraction of sp³-hybridized carbons (Fsp3) is 0.231. The molecule has 2 aliphatic rings. The summed E-state index contributed by atoms with van der Waals surface area (Å²) in [4.78, 5) is 11.5. The minimum absolute atomic E-state index is 0.389. The molecule has 1 fully saturated rings. The van der Waals surface area contributed by atoms with E-state index < -0.39 is 0 Å². The first-order valence-electron chi connectivity index (χ1n) is 11.0. The molecule has 2 aromatic heterocycles. The monoisotopic (exact) mass is 407 g/mol. The summed E-state index contributed by atoms with van der Waals surface area (Å²) in [5.74, 6) is 0.946. The number of para-hydroxylation sites is 1. The van der Waals surface area contributed by atoms with Gasteiger partial charge in [0, 0.05) is 54.4 Å². The van der Waals surface area contributed by atoms with Crippen molar-refractivity contribution in [3.63, 3.8) is 0 Å². The van der Waals surface area contributed by atoms with Crippen LogP contribution in [0.25, 0.3) is 21.9 Å². The van der Waals surface area contributed by atoms with E-state index in [4.69, 9.17) is 4.98 Å². The van der Waals surface area contributed by atoms with Gasteiger partial charge in [-0.1, -0.05) is 18.2 Å². The number of nitrogens with one attached hydrogen (secondary N) is 2. The molecule has 5 heteroatoms. The standard InChI is InChI=1S/C26H25N5/c1-2-5-21(6-3-1)31-12-11-29-26-25(31)15-20(16-30-26)19-13-18-8-10-27-17-23(18)22(14-19)24-7-4-9-28-24/h1-3,5-6,8,10,13-17,24,28H,4,7,9,11-12H2,(H,29,30). The summed E-state index contributed by atoms with van der Waals surface area (Å²) in [6, 6.07) is 19.9. The van der Waals surface area contributed by atoms with E-state index in [0.717, 1.165) is 36.7 Å². The van der Waals surface area contributed by atoms with E-state index in [-0.39, 0.29) is 0 Å². The highest BCUT2D eigenvalue weighted by molar-refractivity contribution is 5.91. The molecule has 2 aliphatic heterocycles. The van der Waals surface area contributed by atoms with Crippen molar-refractivity contribution in [2.75, 3.05) is 29.9 Å². The summed E-state index contributed by atoms with van der Waals surface area (Å²) in [5, 5.41) is 9.58. The molecule has 0 saturated carbocycles. The van der Waals surface area contributed by atoms with E-state index in [9.17, 15) is 0 Å². The van der Waals surface area contributed by atoms with E-state index in [1.807, 2.05) is 18.6 Å². The van der Waals surface area contributed by atoms with Crippen LogP contribution in [-0.4, -0.2) is 29.6 Å². The molecule has 2 aromatic carbocycles. The topological polar surface area (TPSA) is 53.1 Å². The van der Waals surface area contributed by atoms with E-state index in [1.165, 1.54) is 40.4 Å². The van der Waals surface area contributed by atoms with Gasteiger partial charge in [0.05, 0.1) is 5.69 Å². The van der Waals surface area contributed by atoms with Gasteiger partial charge in [0.15, 0.2) is 0 Å². The van der Waals surface area contributed by atoms with Gasteiger partial charge in [-0.3, -0.25) is 4.98 Å². The molecule has 2 N–H and O–H groups in total. The van der Waals surface area contributed by atoms with Crippen molar-refractivity contribution in [3.8, 4) is 11.1 Å². The first-order valence-corrected chi connectivity index (χ1v) is 11.0. The molecule has 4 aromatic rings. The minimum Gasteiger partial charge on any atom is -0.367 e. The maximum atomic E-state index is 4.80. The van der Waals surface area contributed by atoms with Crippen LogP contribution in [0.5, 0.6) is 0 Å². The Balaban J connectivity index is 1.48. The molecule has 0 amide bonds. The molecular formula is C26H25N5. The molecule has 1 unspecified atom stereocenters. The number of aromatic nitrogens is 2. The quantitative estimate of drug-likeness (QED) is 0.484. The van der Waals surface area contributed by atoms with Crippen molar-refractivity contribution in [3.05, 3.63) is 78.8 Å². The Hall–Kier alpha value is -3.44. The number of nitrogens with zero attached hydrogens (tertiary/aromatic N) is 3. The highest BCUT2D eigenvalue weighted by Gasteiger charge is 2.22. The van der Waals surface area contributed by atoms with Crippen molar-refractivity contribution in [2.45, 2.75) is 18.9 Å². The molecule has 4 heterocycles. The Morgan fingerprint density at radius 3 is 2.74 bits per heavy atom. The van der Waals surface area contributed by atoms with Crippen LogP contribution in [0, 0.1) is 0 Å². The van der Waals surface area contributed by atoms with Gasteiger partial charge in [-0.2, -0.15) is 0 Å². The average Bonchev–Trinajstić information content (AvgIpc) is 3.38. The number of rotatable bonds is 3. The molecule has 154 valence electrons. The molecule has 31 heavy (non-hydrogen) atoms. The van der Waals surface area contributed by atoms with Gasteiger partial charge in [-0.05, 0) is 72.3 Å². The second kappa shape index (κ2) is 7.67. The van der Waals surface area contributed by atoms with Gasteiger partial charge >= 0.3 is 0 Å². The van der Waals surface area contributed by atoms with E-state index in [2.05, 4.69) is 75.1 Å². The lowest BCUT2D eigenvalue weighted by molar-refractivity contribution is 0.653. The molecule has 0 bridgehead atoms. The fourth-order valence-corrected chi connectivity index (χ4v) is 4.87. The number of fused-ring (bicyclic) bond motifs is 2. The molecule has 1 atom stereocenters. The lowest BCUT2D eigenvalue weighted by Crippen LogP contribution is -2.30. The summed E-state index contributed by atoms with van der Waals surface area (Å²) in [6.45, 7) is 2.88. The van der Waals surface area contributed by atoms with Crippen molar-refractivity contribution in [1.82, 2.24) is 15.3 Å². The van der Waals surface area contributed by atoms with Crippen LogP contribution in [-0.2, 0) is 0 Å². The molecule has 0 aliphatic carbocycles. The van der Waals surface area contributed by atoms with Gasteiger partial charge < -0.3 is 15.5 Å². The third-order valence-corrected chi connectivity index (χ3v) is 6.41. The van der Waals surface area contributed by atoms with Gasteiger partial charge in [0.1, 0.15) is 5.82 Å². The van der Waals surface area contributed by atoms with Crippen LogP contribution < -0.4 is 15.5 Å². The summed E-state index contributed by atoms with van der Waals surface area (Å²) in [6.07, 6.45) is 8.26. The SMILES string of the molecule is c1ccc(N2CCNc3ncc(-c4cc(C5CCCN5)c5cnccc5c4)cc32)cc1. The Labute approximate surface area is 182 Å². The first-order chi connectivity index (χ1) is 15.4. The highest BCUT2D eigenvalue weighted by atomic mass is 15.2. The van der Waals surface area contributed by atoms with Crippen molar-refractivity contribution in [1.29, 1.82) is 0 Å². The number of pyridine rings is 2. The Morgan fingerprint density at radius 1 is 0.935 bits per heavy atom. The van der Waals surface area contributed by atoms with Crippen molar-refractivity contribution < 1.29 is 0 Å². The third-order valence-electron chi connectivity index (χ3n) is 6.41. The maximum Gasteiger partial charge on any atom is 0.150 e. The van der Waals surface area contributed by atoms with Crippen LogP contribution in [0.3, 0.4) is 0 Å². The Bertz CT molecular complexity index is 1230.